The molecular formula is C9H16ClNO3. The Morgan fingerprint density at radius 2 is 2.07 bits per heavy atom. The minimum atomic E-state index is -0.560. The van der Waals surface area contributed by atoms with Crippen molar-refractivity contribution in [2.24, 2.45) is 5.92 Å². The maximum Gasteiger partial charge on any atom is 0.187 e. The van der Waals surface area contributed by atoms with E-state index in [2.05, 4.69) is 4.84 Å². The molecule has 0 spiro atoms. The van der Waals surface area contributed by atoms with Gasteiger partial charge in [0, 0.05) is 6.42 Å². The van der Waals surface area contributed by atoms with Crippen molar-refractivity contribution >= 4 is 17.6 Å². The van der Waals surface area contributed by atoms with Crippen LogP contribution >= 0.6 is 11.8 Å². The number of rotatable bonds is 5. The highest BCUT2D eigenvalue weighted by Gasteiger charge is 2.38. The Morgan fingerprint density at radius 1 is 1.50 bits per heavy atom. The molecule has 1 N–H and O–H groups in total. The van der Waals surface area contributed by atoms with Crippen LogP contribution in [0.2, 0.25) is 0 Å². The lowest BCUT2D eigenvalue weighted by Gasteiger charge is -2.37. The quantitative estimate of drug-likeness (QED) is 0.714. The first-order valence-electron chi connectivity index (χ1n) is 4.74. The molecule has 1 heterocycles. The summed E-state index contributed by atoms with van der Waals surface area (Å²) in [7, 11) is 0. The smallest absolute Gasteiger partial charge is 0.187 e. The number of ketones is 1. The zero-order valence-corrected chi connectivity index (χ0v) is 9.38. The van der Waals surface area contributed by atoms with Crippen molar-refractivity contribution in [2.45, 2.75) is 45.8 Å². The van der Waals surface area contributed by atoms with Crippen molar-refractivity contribution in [3.63, 3.8) is 0 Å². The molecule has 1 rings (SSSR count). The van der Waals surface area contributed by atoms with Gasteiger partial charge in [-0.3, -0.25) is 4.79 Å². The fraction of sp³-hybridized carbons (Fsp3) is 0.889. The predicted octanol–water partition coefficient (Wildman–Crippen LogP) is 1.43. The summed E-state index contributed by atoms with van der Waals surface area (Å²) < 4.78 is 10.4. The molecule has 5 heteroatoms. The monoisotopic (exact) mass is 221 g/mol. The Bertz CT molecular complexity index is 204. The van der Waals surface area contributed by atoms with E-state index in [4.69, 9.17) is 21.3 Å². The number of hydrogen-bond acceptors (Lipinski definition) is 4. The molecule has 82 valence electrons. The van der Waals surface area contributed by atoms with E-state index in [-0.39, 0.29) is 12.1 Å². The number of Topliss-reactive ketones (excluding diaryl/α,β-unsaturated/α-hetero) is 1. The van der Waals surface area contributed by atoms with E-state index in [0.29, 0.717) is 12.3 Å². The normalized spacial score (nSPS) is 28.6. The average molecular weight is 222 g/mol. The molecule has 1 aliphatic heterocycles. The molecule has 4 nitrogen and oxygen atoms in total. The maximum atomic E-state index is 11.6. The van der Waals surface area contributed by atoms with Crippen molar-refractivity contribution in [2.75, 3.05) is 0 Å². The molecule has 14 heavy (non-hydrogen) atoms. The summed E-state index contributed by atoms with van der Waals surface area (Å²) in [6, 6.07) is -0.560. The fourth-order valence-electron chi connectivity index (χ4n) is 1.34. The van der Waals surface area contributed by atoms with Crippen LogP contribution in [-0.4, -0.2) is 24.4 Å². The zero-order valence-electron chi connectivity index (χ0n) is 8.62. The minimum Gasteiger partial charge on any atom is -0.322 e. The Labute approximate surface area is 89.0 Å². The fourth-order valence-corrected chi connectivity index (χ4v) is 1.56. The topological polar surface area (TPSA) is 47.6 Å². The molecule has 1 atom stereocenters. The molecule has 0 aliphatic carbocycles. The number of hydrogen-bond donors (Lipinski definition) is 1. The third-order valence-corrected chi connectivity index (χ3v) is 2.23. The van der Waals surface area contributed by atoms with Gasteiger partial charge in [-0.05, 0) is 24.6 Å². The summed E-state index contributed by atoms with van der Waals surface area (Å²) in [5.74, 6) is 0.333. The molecule has 0 radical (unpaired) electrons. The standard InChI is InChI=1S/C9H16ClNO3/c1-5(2)4-7(12)8(11-10)9-13-6(3)14-9/h5-6,8-9,11H,4H2,1-3H3. The Morgan fingerprint density at radius 3 is 2.43 bits per heavy atom. The van der Waals surface area contributed by atoms with Crippen molar-refractivity contribution in [1.29, 1.82) is 0 Å². The second-order valence-electron chi connectivity index (χ2n) is 3.86. The van der Waals surface area contributed by atoms with Gasteiger partial charge in [-0.25, -0.2) is 4.84 Å². The van der Waals surface area contributed by atoms with Gasteiger partial charge in [0.1, 0.15) is 6.04 Å². The summed E-state index contributed by atoms with van der Waals surface area (Å²) in [5.41, 5.74) is 0. The van der Waals surface area contributed by atoms with Crippen molar-refractivity contribution in [1.82, 2.24) is 4.84 Å². The molecule has 1 saturated heterocycles. The van der Waals surface area contributed by atoms with E-state index in [0.717, 1.165) is 0 Å². The van der Waals surface area contributed by atoms with Gasteiger partial charge in [-0.2, -0.15) is 0 Å². The van der Waals surface area contributed by atoms with Crippen LogP contribution in [0.3, 0.4) is 0 Å². The molecule has 0 bridgehead atoms. The van der Waals surface area contributed by atoms with Crippen LogP contribution in [0.15, 0.2) is 0 Å². The van der Waals surface area contributed by atoms with Gasteiger partial charge in [0.15, 0.2) is 18.4 Å². The lowest BCUT2D eigenvalue weighted by atomic mass is 10.0. The Kier molecular flexibility index (Phi) is 4.31. The van der Waals surface area contributed by atoms with E-state index in [1.807, 2.05) is 13.8 Å². The highest BCUT2D eigenvalue weighted by Crippen LogP contribution is 2.21. The SMILES string of the molecule is CC(C)CC(=O)C(NCl)C1OC(C)O1. The highest BCUT2D eigenvalue weighted by molar-refractivity contribution is 6.15. The largest absolute Gasteiger partial charge is 0.322 e. The first-order valence-corrected chi connectivity index (χ1v) is 5.12. The van der Waals surface area contributed by atoms with Crippen LogP contribution in [0.1, 0.15) is 27.2 Å². The van der Waals surface area contributed by atoms with Crippen LogP contribution in [-0.2, 0) is 14.3 Å². The van der Waals surface area contributed by atoms with E-state index in [1.54, 1.807) is 6.92 Å². The molecule has 0 amide bonds. The van der Waals surface area contributed by atoms with Crippen molar-refractivity contribution < 1.29 is 14.3 Å². The molecule has 0 aromatic heterocycles. The zero-order chi connectivity index (χ0) is 10.7. The number of ether oxygens (including phenoxy) is 2. The Balaban J connectivity index is 2.41. The second-order valence-corrected chi connectivity index (χ2v) is 4.08. The summed E-state index contributed by atoms with van der Waals surface area (Å²) >= 11 is 5.47. The minimum absolute atomic E-state index is 0.0203. The van der Waals surface area contributed by atoms with Gasteiger partial charge in [0.2, 0.25) is 0 Å². The van der Waals surface area contributed by atoms with Crippen molar-refractivity contribution in [3.8, 4) is 0 Å². The van der Waals surface area contributed by atoms with Gasteiger partial charge in [-0.15, -0.1) is 0 Å². The molecule has 0 saturated carbocycles. The van der Waals surface area contributed by atoms with Gasteiger partial charge in [0.05, 0.1) is 0 Å². The van der Waals surface area contributed by atoms with Crippen LogP contribution in [0.5, 0.6) is 0 Å². The third kappa shape index (κ3) is 2.92. The van der Waals surface area contributed by atoms with E-state index >= 15 is 0 Å². The van der Waals surface area contributed by atoms with Gasteiger partial charge in [-0.1, -0.05) is 13.8 Å². The van der Waals surface area contributed by atoms with Crippen LogP contribution in [0.4, 0.5) is 0 Å². The first kappa shape index (κ1) is 11.9. The number of nitrogens with one attached hydrogen (secondary N) is 1. The lowest BCUT2D eigenvalue weighted by molar-refractivity contribution is -0.379. The molecule has 1 aliphatic rings. The first-order chi connectivity index (χ1) is 6.54. The molecule has 1 fully saturated rings. The summed E-state index contributed by atoms with van der Waals surface area (Å²) in [5, 5.41) is 0. The van der Waals surface area contributed by atoms with Crippen LogP contribution in [0, 0.1) is 5.92 Å². The second kappa shape index (κ2) is 5.07. The van der Waals surface area contributed by atoms with Gasteiger partial charge in [0.25, 0.3) is 0 Å². The summed E-state index contributed by atoms with van der Waals surface area (Å²) in [4.78, 5) is 14.0. The molecule has 1 unspecified atom stereocenters. The van der Waals surface area contributed by atoms with Gasteiger partial charge < -0.3 is 9.47 Å². The van der Waals surface area contributed by atoms with Crippen LogP contribution in [0.25, 0.3) is 0 Å². The van der Waals surface area contributed by atoms with Crippen molar-refractivity contribution in [3.05, 3.63) is 0 Å². The number of halogens is 1. The highest BCUT2D eigenvalue weighted by atomic mass is 35.5. The van der Waals surface area contributed by atoms with E-state index in [1.165, 1.54) is 0 Å². The van der Waals surface area contributed by atoms with Crippen LogP contribution < -0.4 is 4.84 Å². The molecule has 0 aromatic rings. The third-order valence-electron chi connectivity index (χ3n) is 2.00. The number of carbonyl (C=O) groups is 1. The van der Waals surface area contributed by atoms with Gasteiger partial charge >= 0.3 is 0 Å². The number of carbonyl (C=O) groups excluding carboxylic acids is 1. The van der Waals surface area contributed by atoms with E-state index in [9.17, 15) is 4.79 Å². The summed E-state index contributed by atoms with van der Waals surface area (Å²) in [6.45, 7) is 5.73. The lowest BCUT2D eigenvalue weighted by Crippen LogP contribution is -2.54. The summed E-state index contributed by atoms with van der Waals surface area (Å²) in [6.07, 6.45) is -0.296. The maximum absolute atomic E-state index is 11.6. The predicted molar refractivity (Wildman–Crippen MR) is 52.7 cm³/mol. The van der Waals surface area contributed by atoms with E-state index < -0.39 is 12.3 Å². The molecular weight excluding hydrogens is 206 g/mol. The average Bonchev–Trinajstić information content (AvgIpc) is 2.01. The molecule has 0 aromatic carbocycles. The Hall–Kier alpha value is -0.160.